The lowest BCUT2D eigenvalue weighted by atomic mass is 10.1. The van der Waals surface area contributed by atoms with E-state index in [-0.39, 0.29) is 28.5 Å². The Morgan fingerprint density at radius 1 is 1.27 bits per heavy atom. The van der Waals surface area contributed by atoms with Gasteiger partial charge in [0.1, 0.15) is 23.8 Å². The van der Waals surface area contributed by atoms with Crippen molar-refractivity contribution in [1.82, 2.24) is 19.5 Å². The van der Waals surface area contributed by atoms with E-state index in [1.807, 2.05) is 0 Å². The average molecular weight is 488 g/mol. The van der Waals surface area contributed by atoms with E-state index in [1.54, 1.807) is 0 Å². The Kier molecular flexibility index (Phi) is 6.11. The van der Waals surface area contributed by atoms with Gasteiger partial charge in [-0.15, -0.1) is 0 Å². The molecule has 1 fully saturated rings. The second kappa shape index (κ2) is 8.72. The maximum absolute atomic E-state index is 13.0. The summed E-state index contributed by atoms with van der Waals surface area (Å²) < 4.78 is 45.8. The molecule has 1 aliphatic heterocycles. The molecule has 4 rings (SSSR count). The number of imidazole rings is 1. The predicted octanol–water partition coefficient (Wildman–Crippen LogP) is 1.14. The summed E-state index contributed by atoms with van der Waals surface area (Å²) in [5.41, 5.74) is 7.78. The van der Waals surface area contributed by atoms with Gasteiger partial charge in [-0.3, -0.25) is 4.57 Å². The van der Waals surface area contributed by atoms with Crippen molar-refractivity contribution in [2.45, 2.75) is 30.7 Å². The zero-order chi connectivity index (χ0) is 23.9. The fourth-order valence-electron chi connectivity index (χ4n) is 3.29. The van der Waals surface area contributed by atoms with Crippen molar-refractivity contribution >= 4 is 40.7 Å². The largest absolute Gasteiger partial charge is 0.417 e. The molecule has 0 radical (unpaired) electrons. The number of halogens is 4. The molecule has 2 aromatic heterocycles. The number of aliphatic hydroxyl groups is 3. The number of nitrogens with two attached hydrogens (primary N) is 1. The van der Waals surface area contributed by atoms with E-state index in [9.17, 15) is 28.5 Å². The highest BCUT2D eigenvalue weighted by atomic mass is 35.5. The molecule has 1 aliphatic rings. The molecule has 1 aromatic carbocycles. The van der Waals surface area contributed by atoms with Gasteiger partial charge in [0, 0.05) is 0 Å². The zero-order valence-electron chi connectivity index (χ0n) is 16.5. The molecule has 0 saturated carbocycles. The van der Waals surface area contributed by atoms with Gasteiger partial charge in [0.25, 0.3) is 0 Å². The van der Waals surface area contributed by atoms with Gasteiger partial charge in [-0.1, -0.05) is 17.7 Å². The van der Waals surface area contributed by atoms with Crippen molar-refractivity contribution in [2.75, 3.05) is 17.8 Å². The first-order valence-corrected chi connectivity index (χ1v) is 9.76. The number of nitrogens with one attached hydrogen (secondary N) is 1. The van der Waals surface area contributed by atoms with Gasteiger partial charge in [0.05, 0.1) is 29.7 Å². The molecule has 176 valence electrons. The number of alkyl halides is 3. The standard InChI is InChI=1S/C18H17ClF3N7O4/c19-9-2-1-7(3-8(9)18(20,21)22)4-25-28-17-26-14(23)11-15(27-17)29(6-24-11)16-13(32)12(31)10(5-30)33-16/h1-4,6,10,12-13,16,30-32H,5H2,(H3,23,26,27,28)/b25-4+/t10-,12+,13?,16-/m1/s1. The highest BCUT2D eigenvalue weighted by Crippen LogP contribution is 2.35. The zero-order valence-corrected chi connectivity index (χ0v) is 17.2. The Labute approximate surface area is 188 Å². The second-order valence-corrected chi connectivity index (χ2v) is 7.50. The number of anilines is 2. The van der Waals surface area contributed by atoms with Crippen LogP contribution in [0.4, 0.5) is 24.9 Å². The molecule has 0 aliphatic carbocycles. The molecular weight excluding hydrogens is 471 g/mol. The summed E-state index contributed by atoms with van der Waals surface area (Å²) in [5.74, 6) is -0.163. The number of aliphatic hydroxyl groups excluding tert-OH is 3. The molecule has 6 N–H and O–H groups in total. The van der Waals surface area contributed by atoms with Crippen LogP contribution in [0, 0.1) is 0 Å². The summed E-state index contributed by atoms with van der Waals surface area (Å²) in [6.45, 7) is -0.513. The Balaban J connectivity index is 1.59. The van der Waals surface area contributed by atoms with Crippen molar-refractivity contribution in [3.8, 4) is 0 Å². The fourth-order valence-corrected chi connectivity index (χ4v) is 3.51. The lowest BCUT2D eigenvalue weighted by Crippen LogP contribution is -2.33. The molecule has 1 saturated heterocycles. The van der Waals surface area contributed by atoms with Gasteiger partial charge in [-0.2, -0.15) is 28.2 Å². The maximum atomic E-state index is 13.0. The minimum atomic E-state index is -4.62. The van der Waals surface area contributed by atoms with Crippen LogP contribution in [0.25, 0.3) is 11.2 Å². The van der Waals surface area contributed by atoms with Gasteiger partial charge >= 0.3 is 6.18 Å². The topological polar surface area (TPSA) is 164 Å². The van der Waals surface area contributed by atoms with Crippen LogP contribution < -0.4 is 11.2 Å². The molecular formula is C18H17ClF3N7O4. The third-order valence-corrected chi connectivity index (χ3v) is 5.24. The molecule has 0 spiro atoms. The molecule has 3 aromatic rings. The summed E-state index contributed by atoms with van der Waals surface area (Å²) in [5, 5.41) is 32.9. The van der Waals surface area contributed by atoms with Crippen LogP contribution in [0.15, 0.2) is 29.6 Å². The van der Waals surface area contributed by atoms with Crippen molar-refractivity contribution in [2.24, 2.45) is 5.10 Å². The van der Waals surface area contributed by atoms with E-state index in [0.29, 0.717) is 0 Å². The molecule has 4 atom stereocenters. The van der Waals surface area contributed by atoms with Gasteiger partial charge in [-0.25, -0.2) is 10.4 Å². The molecule has 0 bridgehead atoms. The highest BCUT2D eigenvalue weighted by molar-refractivity contribution is 6.31. The number of aromatic nitrogens is 4. The summed E-state index contributed by atoms with van der Waals surface area (Å²) in [6, 6.07) is 3.28. The van der Waals surface area contributed by atoms with E-state index >= 15 is 0 Å². The van der Waals surface area contributed by atoms with E-state index < -0.39 is 47.9 Å². The first-order valence-electron chi connectivity index (χ1n) is 9.38. The summed E-state index contributed by atoms with van der Waals surface area (Å²) in [4.78, 5) is 12.3. The summed E-state index contributed by atoms with van der Waals surface area (Å²) in [6.07, 6.45) is -7.07. The number of hydrazone groups is 1. The third-order valence-electron chi connectivity index (χ3n) is 4.91. The van der Waals surface area contributed by atoms with Gasteiger partial charge in [0.15, 0.2) is 17.7 Å². The predicted molar refractivity (Wildman–Crippen MR) is 110 cm³/mol. The van der Waals surface area contributed by atoms with Crippen molar-refractivity contribution < 1.29 is 33.2 Å². The Bertz CT molecular complexity index is 1210. The van der Waals surface area contributed by atoms with Crippen molar-refractivity contribution in [3.05, 3.63) is 40.7 Å². The summed E-state index contributed by atoms with van der Waals surface area (Å²) in [7, 11) is 0. The molecule has 0 amide bonds. The van der Waals surface area contributed by atoms with Crippen LogP contribution in [-0.4, -0.2) is 66.0 Å². The van der Waals surface area contributed by atoms with Crippen molar-refractivity contribution in [1.29, 1.82) is 0 Å². The van der Waals surface area contributed by atoms with E-state index in [1.165, 1.54) is 17.0 Å². The first kappa shape index (κ1) is 23.1. The van der Waals surface area contributed by atoms with Crippen LogP contribution in [0.5, 0.6) is 0 Å². The minimum absolute atomic E-state index is 0.0472. The normalized spacial score (nSPS) is 23.6. The first-order chi connectivity index (χ1) is 15.6. The van der Waals surface area contributed by atoms with Crippen LogP contribution in [0.3, 0.4) is 0 Å². The van der Waals surface area contributed by atoms with E-state index in [2.05, 4.69) is 25.5 Å². The number of nitrogens with zero attached hydrogens (tertiary/aromatic N) is 5. The quantitative estimate of drug-likeness (QED) is 0.262. The number of rotatable bonds is 5. The monoisotopic (exact) mass is 487 g/mol. The number of hydrogen-bond donors (Lipinski definition) is 5. The lowest BCUT2D eigenvalue weighted by molar-refractivity contribution is -0.137. The smallest absolute Gasteiger partial charge is 0.394 e. The second-order valence-electron chi connectivity index (χ2n) is 7.09. The number of benzene rings is 1. The average Bonchev–Trinajstić information content (AvgIpc) is 3.30. The Morgan fingerprint density at radius 2 is 2.03 bits per heavy atom. The van der Waals surface area contributed by atoms with Crippen molar-refractivity contribution in [3.63, 3.8) is 0 Å². The lowest BCUT2D eigenvalue weighted by Gasteiger charge is -2.16. The molecule has 15 heteroatoms. The van der Waals surface area contributed by atoms with Crippen LogP contribution in [-0.2, 0) is 10.9 Å². The highest BCUT2D eigenvalue weighted by Gasteiger charge is 2.44. The number of hydrogen-bond acceptors (Lipinski definition) is 10. The molecule has 3 heterocycles. The third kappa shape index (κ3) is 4.43. The maximum Gasteiger partial charge on any atom is 0.417 e. The molecule has 33 heavy (non-hydrogen) atoms. The fraction of sp³-hybridized carbons (Fsp3) is 0.333. The van der Waals surface area contributed by atoms with E-state index in [4.69, 9.17) is 22.1 Å². The molecule has 11 nitrogen and oxygen atoms in total. The number of ether oxygens (including phenoxy) is 1. The van der Waals surface area contributed by atoms with Gasteiger partial charge in [-0.05, 0) is 17.7 Å². The number of nitrogen functional groups attached to an aromatic ring is 1. The van der Waals surface area contributed by atoms with Crippen LogP contribution in [0.1, 0.15) is 17.4 Å². The Hall–Kier alpha value is -3.04. The summed E-state index contributed by atoms with van der Waals surface area (Å²) >= 11 is 5.60. The van der Waals surface area contributed by atoms with Gasteiger partial charge in [0.2, 0.25) is 5.95 Å². The molecule has 1 unspecified atom stereocenters. The van der Waals surface area contributed by atoms with E-state index in [0.717, 1.165) is 18.3 Å². The SMILES string of the molecule is Nc1nc(N/N=C/c2ccc(Cl)c(C(F)(F)F)c2)nc2c1ncn2[C@@H]1O[C@H](CO)[C@H](O)C1O. The van der Waals surface area contributed by atoms with Crippen LogP contribution in [0.2, 0.25) is 5.02 Å². The van der Waals surface area contributed by atoms with Crippen LogP contribution >= 0.6 is 11.6 Å². The van der Waals surface area contributed by atoms with Gasteiger partial charge < -0.3 is 25.8 Å². The minimum Gasteiger partial charge on any atom is -0.394 e. The Morgan fingerprint density at radius 3 is 2.70 bits per heavy atom. The number of fused-ring (bicyclic) bond motifs is 1.